The van der Waals surface area contributed by atoms with Crippen molar-refractivity contribution in [2.24, 2.45) is 5.92 Å². The highest BCUT2D eigenvalue weighted by Gasteiger charge is 2.29. The van der Waals surface area contributed by atoms with Crippen LogP contribution in [0.15, 0.2) is 24.3 Å². The Kier molecular flexibility index (Phi) is 7.00. The molecule has 1 N–H and O–H groups in total. The minimum atomic E-state index is -0.288. The lowest BCUT2D eigenvalue weighted by molar-refractivity contribution is 0.0930. The van der Waals surface area contributed by atoms with Gasteiger partial charge in [0.05, 0.1) is 0 Å². The van der Waals surface area contributed by atoms with Gasteiger partial charge in [0.1, 0.15) is 5.82 Å². The van der Waals surface area contributed by atoms with Gasteiger partial charge in [-0.3, -0.25) is 9.69 Å². The quantitative estimate of drug-likeness (QED) is 0.835. The summed E-state index contributed by atoms with van der Waals surface area (Å²) in [6.45, 7) is 4.46. The van der Waals surface area contributed by atoms with Crippen LogP contribution in [0.4, 0.5) is 4.39 Å². The van der Waals surface area contributed by atoms with Crippen molar-refractivity contribution in [2.75, 3.05) is 26.2 Å². The number of Topliss-reactive ketones (excluding diaryl/α,β-unsaturated/α-hetero) is 1. The number of halogens is 2. The lowest BCUT2D eigenvalue weighted by Gasteiger charge is -2.31. The highest BCUT2D eigenvalue weighted by atomic mass is 35.5. The van der Waals surface area contributed by atoms with Crippen molar-refractivity contribution >= 4 is 18.2 Å². The van der Waals surface area contributed by atoms with E-state index in [9.17, 15) is 9.18 Å². The number of hydrogen-bond acceptors (Lipinski definition) is 3. The molecular formula is C18H26ClFN2O. The summed E-state index contributed by atoms with van der Waals surface area (Å²) < 4.78 is 13.0. The molecule has 0 radical (unpaired) electrons. The summed E-state index contributed by atoms with van der Waals surface area (Å²) in [7, 11) is 0. The first kappa shape index (κ1) is 18.4. The lowest BCUT2D eigenvalue weighted by Crippen LogP contribution is -2.40. The van der Waals surface area contributed by atoms with Gasteiger partial charge >= 0.3 is 0 Å². The van der Waals surface area contributed by atoms with Crippen molar-refractivity contribution in [2.45, 2.75) is 38.1 Å². The second-order valence-electron chi connectivity index (χ2n) is 6.64. The fourth-order valence-corrected chi connectivity index (χ4v) is 3.75. The molecule has 3 nitrogen and oxygen atoms in total. The van der Waals surface area contributed by atoms with Crippen molar-refractivity contribution in [1.29, 1.82) is 0 Å². The van der Waals surface area contributed by atoms with Gasteiger partial charge in [-0.2, -0.15) is 0 Å². The van der Waals surface area contributed by atoms with Crippen LogP contribution in [0.2, 0.25) is 0 Å². The standard InChI is InChI=1S/C18H25FN2O.ClH/c19-16-7-5-15(6-8-16)18(22)11-17-4-2-10-21(17)13-14-3-1-9-20-12-14;/h5-8,14,17,20H,1-4,9-13H2;1H. The van der Waals surface area contributed by atoms with Crippen LogP contribution >= 0.6 is 12.4 Å². The average Bonchev–Trinajstić information content (AvgIpc) is 2.96. The van der Waals surface area contributed by atoms with Crippen molar-refractivity contribution in [3.05, 3.63) is 35.6 Å². The maximum atomic E-state index is 13.0. The van der Waals surface area contributed by atoms with Crippen LogP contribution < -0.4 is 5.32 Å². The number of piperidine rings is 1. The third kappa shape index (κ3) is 5.00. The van der Waals surface area contributed by atoms with Gasteiger partial charge in [0.2, 0.25) is 0 Å². The van der Waals surface area contributed by atoms with Gasteiger partial charge in [0.15, 0.2) is 5.78 Å². The predicted octanol–water partition coefficient (Wildman–Crippen LogP) is 3.28. The maximum absolute atomic E-state index is 13.0. The number of ketones is 1. The van der Waals surface area contributed by atoms with E-state index >= 15 is 0 Å². The van der Waals surface area contributed by atoms with E-state index in [0.29, 0.717) is 18.0 Å². The predicted molar refractivity (Wildman–Crippen MR) is 92.8 cm³/mol. The second kappa shape index (κ2) is 8.76. The number of rotatable bonds is 5. The lowest BCUT2D eigenvalue weighted by atomic mass is 9.97. The number of benzene rings is 1. The molecule has 0 bridgehead atoms. The van der Waals surface area contributed by atoms with Crippen LogP contribution in [0.1, 0.15) is 42.5 Å². The molecule has 2 unspecified atom stereocenters. The summed E-state index contributed by atoms with van der Waals surface area (Å²) in [5.41, 5.74) is 0.632. The molecule has 128 valence electrons. The first-order chi connectivity index (χ1) is 10.7. The maximum Gasteiger partial charge on any atom is 0.164 e. The van der Waals surface area contributed by atoms with Gasteiger partial charge in [0.25, 0.3) is 0 Å². The largest absolute Gasteiger partial charge is 0.316 e. The molecule has 2 atom stereocenters. The average molecular weight is 341 g/mol. The van der Waals surface area contributed by atoms with Gasteiger partial charge in [-0.1, -0.05) is 0 Å². The summed E-state index contributed by atoms with van der Waals surface area (Å²) in [6, 6.07) is 6.30. The number of carbonyl (C=O) groups is 1. The molecule has 2 saturated heterocycles. The van der Waals surface area contributed by atoms with E-state index in [2.05, 4.69) is 10.2 Å². The number of likely N-dealkylation sites (tertiary alicyclic amines) is 1. The molecule has 2 aliphatic rings. The van der Waals surface area contributed by atoms with Crippen molar-refractivity contribution in [3.63, 3.8) is 0 Å². The summed E-state index contributed by atoms with van der Waals surface area (Å²) in [5.74, 6) is 0.567. The molecule has 1 aromatic rings. The molecule has 0 aliphatic carbocycles. The molecule has 0 aromatic heterocycles. The van der Waals surface area contributed by atoms with Crippen LogP contribution in [0.25, 0.3) is 0 Å². The van der Waals surface area contributed by atoms with E-state index < -0.39 is 0 Å². The highest BCUT2D eigenvalue weighted by molar-refractivity contribution is 5.96. The van der Waals surface area contributed by atoms with E-state index in [0.717, 1.165) is 38.5 Å². The zero-order chi connectivity index (χ0) is 15.4. The summed E-state index contributed by atoms with van der Waals surface area (Å²) >= 11 is 0. The molecule has 23 heavy (non-hydrogen) atoms. The van der Waals surface area contributed by atoms with Crippen molar-refractivity contribution < 1.29 is 9.18 Å². The van der Waals surface area contributed by atoms with Crippen LogP contribution in [0.3, 0.4) is 0 Å². The SMILES string of the molecule is Cl.O=C(CC1CCCN1CC1CCCNC1)c1ccc(F)cc1. The van der Waals surface area contributed by atoms with Crippen LogP contribution in [-0.4, -0.2) is 42.9 Å². The zero-order valence-electron chi connectivity index (χ0n) is 13.5. The second-order valence-corrected chi connectivity index (χ2v) is 6.64. The minimum absolute atomic E-state index is 0. The molecule has 2 heterocycles. The fraction of sp³-hybridized carbons (Fsp3) is 0.611. The minimum Gasteiger partial charge on any atom is -0.316 e. The molecule has 1 aromatic carbocycles. The van der Waals surface area contributed by atoms with E-state index in [-0.39, 0.29) is 24.0 Å². The van der Waals surface area contributed by atoms with Crippen LogP contribution in [0, 0.1) is 11.7 Å². The normalized spacial score (nSPS) is 25.1. The van der Waals surface area contributed by atoms with Crippen molar-refractivity contribution in [1.82, 2.24) is 10.2 Å². The van der Waals surface area contributed by atoms with Crippen molar-refractivity contribution in [3.8, 4) is 0 Å². The zero-order valence-corrected chi connectivity index (χ0v) is 14.3. The van der Waals surface area contributed by atoms with Gasteiger partial charge in [-0.05, 0) is 75.5 Å². The van der Waals surface area contributed by atoms with E-state index in [4.69, 9.17) is 0 Å². The Bertz CT molecular complexity index is 502. The Morgan fingerprint density at radius 3 is 2.70 bits per heavy atom. The summed E-state index contributed by atoms with van der Waals surface area (Å²) in [6.07, 6.45) is 5.40. The topological polar surface area (TPSA) is 32.3 Å². The molecule has 2 aliphatic heterocycles. The van der Waals surface area contributed by atoms with Crippen LogP contribution in [-0.2, 0) is 0 Å². The monoisotopic (exact) mass is 340 g/mol. The Balaban J connectivity index is 0.00000192. The fourth-order valence-electron chi connectivity index (χ4n) is 3.75. The summed E-state index contributed by atoms with van der Waals surface area (Å²) in [5, 5.41) is 3.47. The molecule has 2 fully saturated rings. The Labute approximate surface area is 144 Å². The molecule has 3 rings (SSSR count). The molecule has 0 amide bonds. The number of nitrogens with one attached hydrogen (secondary N) is 1. The van der Waals surface area contributed by atoms with Gasteiger partial charge in [0, 0.05) is 24.6 Å². The first-order valence-corrected chi connectivity index (χ1v) is 8.46. The van der Waals surface area contributed by atoms with E-state index in [1.165, 1.54) is 31.4 Å². The molecular weight excluding hydrogens is 315 g/mol. The van der Waals surface area contributed by atoms with E-state index in [1.54, 1.807) is 12.1 Å². The van der Waals surface area contributed by atoms with Gasteiger partial charge in [-0.15, -0.1) is 12.4 Å². The van der Waals surface area contributed by atoms with E-state index in [1.807, 2.05) is 0 Å². The van der Waals surface area contributed by atoms with Crippen LogP contribution in [0.5, 0.6) is 0 Å². The Morgan fingerprint density at radius 2 is 2.00 bits per heavy atom. The smallest absolute Gasteiger partial charge is 0.164 e. The van der Waals surface area contributed by atoms with Gasteiger partial charge in [-0.25, -0.2) is 4.39 Å². The third-order valence-electron chi connectivity index (χ3n) is 4.98. The molecule has 5 heteroatoms. The van der Waals surface area contributed by atoms with Gasteiger partial charge < -0.3 is 5.32 Å². The number of hydrogen-bond donors (Lipinski definition) is 1. The highest BCUT2D eigenvalue weighted by Crippen LogP contribution is 2.24. The summed E-state index contributed by atoms with van der Waals surface area (Å²) in [4.78, 5) is 14.9. The molecule has 0 spiro atoms. The number of nitrogens with zero attached hydrogens (tertiary/aromatic N) is 1. The molecule has 0 saturated carbocycles. The third-order valence-corrected chi connectivity index (χ3v) is 4.98. The Hall–Kier alpha value is -0.970. The first-order valence-electron chi connectivity index (χ1n) is 8.46. The number of carbonyl (C=O) groups excluding carboxylic acids is 1. The Morgan fingerprint density at radius 1 is 1.22 bits per heavy atom.